The van der Waals surface area contributed by atoms with Crippen LogP contribution in [0.25, 0.3) is 0 Å². The molecule has 0 fully saturated rings. The summed E-state index contributed by atoms with van der Waals surface area (Å²) < 4.78 is 0. The van der Waals surface area contributed by atoms with E-state index in [2.05, 4.69) is 5.32 Å². The molecule has 0 unspecified atom stereocenters. The van der Waals surface area contributed by atoms with E-state index < -0.39 is 11.9 Å². The Labute approximate surface area is 157 Å². The Balaban J connectivity index is 2.25. The number of carboxylic acid groups (broad SMARTS) is 1. The maximum absolute atomic E-state index is 12.5. The standard InChI is InChI=1S/C20H20ClNO4/c1-20(2,3)11-17(23)12-5-4-6-13(9-12)18(24)22-16-8-7-14(21)10-15(16)19(25)26/h4-10H,11H2,1-3H3,(H,22,24)(H,25,26). The van der Waals surface area contributed by atoms with Crippen LogP contribution in [0.4, 0.5) is 5.69 Å². The van der Waals surface area contributed by atoms with E-state index in [4.69, 9.17) is 11.6 Å². The van der Waals surface area contributed by atoms with Gasteiger partial charge in [-0.2, -0.15) is 0 Å². The number of carbonyl (C=O) groups is 3. The second kappa shape index (κ2) is 7.70. The zero-order chi connectivity index (χ0) is 19.5. The van der Waals surface area contributed by atoms with Gasteiger partial charge in [0.05, 0.1) is 11.3 Å². The highest BCUT2D eigenvalue weighted by molar-refractivity contribution is 6.31. The number of rotatable bonds is 5. The van der Waals surface area contributed by atoms with Crippen molar-refractivity contribution >= 4 is 34.9 Å². The minimum Gasteiger partial charge on any atom is -0.478 e. The van der Waals surface area contributed by atoms with Crippen LogP contribution < -0.4 is 5.32 Å². The van der Waals surface area contributed by atoms with Gasteiger partial charge in [-0.05, 0) is 35.7 Å². The van der Waals surface area contributed by atoms with E-state index in [1.807, 2.05) is 20.8 Å². The van der Waals surface area contributed by atoms with Crippen molar-refractivity contribution in [2.45, 2.75) is 27.2 Å². The minimum absolute atomic E-state index is 0.0510. The van der Waals surface area contributed by atoms with Crippen LogP contribution >= 0.6 is 11.6 Å². The highest BCUT2D eigenvalue weighted by Crippen LogP contribution is 2.23. The summed E-state index contributed by atoms with van der Waals surface area (Å²) in [5.74, 6) is -1.75. The van der Waals surface area contributed by atoms with Gasteiger partial charge in [-0.25, -0.2) is 4.79 Å². The van der Waals surface area contributed by atoms with Gasteiger partial charge in [0.1, 0.15) is 0 Å². The van der Waals surface area contributed by atoms with Gasteiger partial charge >= 0.3 is 5.97 Å². The van der Waals surface area contributed by atoms with Gasteiger partial charge in [0.25, 0.3) is 5.91 Å². The second-order valence-corrected chi connectivity index (χ2v) is 7.63. The van der Waals surface area contributed by atoms with E-state index in [1.165, 1.54) is 24.3 Å². The fourth-order valence-corrected chi connectivity index (χ4v) is 2.59. The molecule has 26 heavy (non-hydrogen) atoms. The molecule has 2 aromatic rings. The first-order chi connectivity index (χ1) is 12.1. The first-order valence-corrected chi connectivity index (χ1v) is 8.42. The molecule has 2 rings (SSSR count). The molecule has 136 valence electrons. The van der Waals surface area contributed by atoms with Crippen LogP contribution in [0.2, 0.25) is 5.02 Å². The van der Waals surface area contributed by atoms with Crippen LogP contribution in [0, 0.1) is 5.41 Å². The van der Waals surface area contributed by atoms with E-state index >= 15 is 0 Å². The molecule has 0 aliphatic carbocycles. The van der Waals surface area contributed by atoms with Crippen molar-refractivity contribution in [2.75, 3.05) is 5.32 Å². The van der Waals surface area contributed by atoms with Crippen LogP contribution in [-0.4, -0.2) is 22.8 Å². The van der Waals surface area contributed by atoms with Crippen LogP contribution in [0.15, 0.2) is 42.5 Å². The van der Waals surface area contributed by atoms with Gasteiger partial charge in [-0.15, -0.1) is 0 Å². The third kappa shape index (κ3) is 5.17. The molecule has 2 aromatic carbocycles. The number of nitrogens with one attached hydrogen (secondary N) is 1. The average Bonchev–Trinajstić information content (AvgIpc) is 2.54. The van der Waals surface area contributed by atoms with Gasteiger partial charge in [0.15, 0.2) is 5.78 Å². The van der Waals surface area contributed by atoms with E-state index in [1.54, 1.807) is 18.2 Å². The van der Waals surface area contributed by atoms with Gasteiger partial charge in [0.2, 0.25) is 0 Å². The zero-order valence-electron chi connectivity index (χ0n) is 14.8. The summed E-state index contributed by atoms with van der Waals surface area (Å²) in [4.78, 5) is 36.1. The number of aromatic carboxylic acids is 1. The topological polar surface area (TPSA) is 83.5 Å². The van der Waals surface area contributed by atoms with E-state index in [0.717, 1.165) is 0 Å². The number of hydrogen-bond acceptors (Lipinski definition) is 3. The number of anilines is 1. The van der Waals surface area contributed by atoms with Crippen molar-refractivity contribution in [3.63, 3.8) is 0 Å². The van der Waals surface area contributed by atoms with Gasteiger partial charge in [0, 0.05) is 22.6 Å². The predicted octanol–water partition coefficient (Wildman–Crippen LogP) is 4.91. The molecule has 0 spiro atoms. The predicted molar refractivity (Wildman–Crippen MR) is 101 cm³/mol. The van der Waals surface area contributed by atoms with E-state index in [9.17, 15) is 19.5 Å². The summed E-state index contributed by atoms with van der Waals surface area (Å²) in [6.45, 7) is 5.90. The highest BCUT2D eigenvalue weighted by atomic mass is 35.5. The molecule has 0 radical (unpaired) electrons. The van der Waals surface area contributed by atoms with E-state index in [0.29, 0.717) is 12.0 Å². The number of halogens is 1. The molecular formula is C20H20ClNO4. The van der Waals surface area contributed by atoms with Crippen LogP contribution in [0.3, 0.4) is 0 Å². The summed E-state index contributed by atoms with van der Waals surface area (Å²) in [5.41, 5.74) is 0.594. The van der Waals surface area contributed by atoms with Crippen LogP contribution in [0.5, 0.6) is 0 Å². The lowest BCUT2D eigenvalue weighted by Gasteiger charge is -2.17. The molecule has 0 saturated heterocycles. The lowest BCUT2D eigenvalue weighted by atomic mass is 9.87. The fraction of sp³-hybridized carbons (Fsp3) is 0.250. The van der Waals surface area contributed by atoms with Crippen molar-refractivity contribution < 1.29 is 19.5 Å². The molecule has 0 bridgehead atoms. The first kappa shape index (κ1) is 19.7. The Morgan fingerprint density at radius 1 is 1.04 bits per heavy atom. The Kier molecular flexibility index (Phi) is 5.83. The van der Waals surface area contributed by atoms with Crippen LogP contribution in [0.1, 0.15) is 58.3 Å². The largest absolute Gasteiger partial charge is 0.478 e. The Morgan fingerprint density at radius 2 is 1.69 bits per heavy atom. The smallest absolute Gasteiger partial charge is 0.337 e. The van der Waals surface area contributed by atoms with Crippen molar-refractivity contribution in [3.05, 3.63) is 64.2 Å². The lowest BCUT2D eigenvalue weighted by Crippen LogP contribution is -2.16. The summed E-state index contributed by atoms with van der Waals surface area (Å²) >= 11 is 5.81. The van der Waals surface area contributed by atoms with Crippen molar-refractivity contribution in [1.82, 2.24) is 0 Å². The maximum atomic E-state index is 12.5. The summed E-state index contributed by atoms with van der Waals surface area (Å²) in [6, 6.07) is 10.6. The quantitative estimate of drug-likeness (QED) is 0.729. The molecule has 6 heteroatoms. The first-order valence-electron chi connectivity index (χ1n) is 8.04. The van der Waals surface area contributed by atoms with Crippen molar-refractivity contribution in [3.8, 4) is 0 Å². The SMILES string of the molecule is CC(C)(C)CC(=O)c1cccc(C(=O)Nc2ccc(Cl)cc2C(=O)O)c1. The third-order valence-corrected chi connectivity index (χ3v) is 3.83. The Hall–Kier alpha value is -2.66. The molecular weight excluding hydrogens is 354 g/mol. The molecule has 0 saturated carbocycles. The summed E-state index contributed by atoms with van der Waals surface area (Å²) in [5, 5.41) is 12.1. The van der Waals surface area contributed by atoms with Crippen molar-refractivity contribution in [2.24, 2.45) is 5.41 Å². The number of Topliss-reactive ketones (excluding diaryl/α,β-unsaturated/α-hetero) is 1. The summed E-state index contributed by atoms with van der Waals surface area (Å²) in [6.07, 6.45) is 0.360. The molecule has 0 atom stereocenters. The number of amides is 1. The van der Waals surface area contributed by atoms with Gasteiger partial charge in [-0.1, -0.05) is 44.5 Å². The monoisotopic (exact) mass is 373 g/mol. The molecule has 1 amide bonds. The third-order valence-electron chi connectivity index (χ3n) is 3.60. The fourth-order valence-electron chi connectivity index (χ4n) is 2.41. The summed E-state index contributed by atoms with van der Waals surface area (Å²) in [7, 11) is 0. The number of carboxylic acids is 1. The number of carbonyl (C=O) groups excluding carboxylic acids is 2. The normalized spacial score (nSPS) is 11.1. The second-order valence-electron chi connectivity index (χ2n) is 7.19. The highest BCUT2D eigenvalue weighted by Gasteiger charge is 2.19. The molecule has 2 N–H and O–H groups in total. The van der Waals surface area contributed by atoms with Gasteiger partial charge in [-0.3, -0.25) is 9.59 Å². The molecule has 0 aromatic heterocycles. The molecule has 5 nitrogen and oxygen atoms in total. The molecule has 0 aliphatic heterocycles. The Morgan fingerprint density at radius 3 is 2.31 bits per heavy atom. The minimum atomic E-state index is -1.20. The van der Waals surface area contributed by atoms with Crippen LogP contribution in [-0.2, 0) is 0 Å². The average molecular weight is 374 g/mol. The number of ketones is 1. The molecule has 0 aliphatic rings. The van der Waals surface area contributed by atoms with Crippen molar-refractivity contribution in [1.29, 1.82) is 0 Å². The lowest BCUT2D eigenvalue weighted by molar-refractivity contribution is 0.0697. The zero-order valence-corrected chi connectivity index (χ0v) is 15.6. The number of hydrogen-bond donors (Lipinski definition) is 2. The Bertz CT molecular complexity index is 868. The molecule has 0 heterocycles. The van der Waals surface area contributed by atoms with Gasteiger partial charge < -0.3 is 10.4 Å². The number of benzene rings is 2. The van der Waals surface area contributed by atoms with E-state index in [-0.39, 0.29) is 33.0 Å². The maximum Gasteiger partial charge on any atom is 0.337 e.